The monoisotopic (exact) mass is 137 g/mol. The summed E-state index contributed by atoms with van der Waals surface area (Å²) in [5, 5.41) is 0. The van der Waals surface area contributed by atoms with Gasteiger partial charge >= 0.3 is 0 Å². The van der Waals surface area contributed by atoms with Crippen molar-refractivity contribution in [2.75, 3.05) is 0 Å². The molecule has 10 heavy (non-hydrogen) atoms. The molecule has 0 rings (SSSR count). The zero-order chi connectivity index (χ0) is 7.98. The van der Waals surface area contributed by atoms with Gasteiger partial charge in [-0.25, -0.2) is 0 Å². The number of hydrogen-bond donors (Lipinski definition) is 0. The molecule has 56 valence electrons. The molecule has 0 saturated carbocycles. The van der Waals surface area contributed by atoms with Crippen molar-refractivity contribution in [1.82, 2.24) is 0 Å². The summed E-state index contributed by atoms with van der Waals surface area (Å²) in [4.78, 5) is 3.84. The first-order valence-corrected chi connectivity index (χ1v) is 3.53. The number of aliphatic imine (C=N–C) groups is 1. The molecule has 1 nitrogen and oxygen atoms in total. The van der Waals surface area contributed by atoms with E-state index in [1.807, 2.05) is 13.0 Å². The SMILES string of the molecule is C=N/C(=C\C)CC(=C)CC. The standard InChI is InChI=1S/C9H15N/c1-5-8(3)7-9(6-2)10-4/h6H,3-5,7H2,1-2H3/b9-6-. The van der Waals surface area contributed by atoms with Gasteiger partial charge in [0.2, 0.25) is 0 Å². The van der Waals surface area contributed by atoms with E-state index in [-0.39, 0.29) is 0 Å². The minimum Gasteiger partial charge on any atom is -0.269 e. The van der Waals surface area contributed by atoms with Crippen molar-refractivity contribution < 1.29 is 0 Å². The quantitative estimate of drug-likeness (QED) is 0.417. The number of nitrogens with zero attached hydrogens (tertiary/aromatic N) is 1. The lowest BCUT2D eigenvalue weighted by Crippen LogP contribution is -1.81. The summed E-state index contributed by atoms with van der Waals surface area (Å²) in [5.74, 6) is 0. The molecule has 0 bridgehead atoms. The summed E-state index contributed by atoms with van der Waals surface area (Å²) in [6.07, 6.45) is 3.86. The maximum absolute atomic E-state index is 3.88. The van der Waals surface area contributed by atoms with Crippen LogP contribution in [0.3, 0.4) is 0 Å². The topological polar surface area (TPSA) is 12.4 Å². The molecule has 0 fully saturated rings. The molecule has 1 heteroatoms. The first-order valence-electron chi connectivity index (χ1n) is 3.53. The van der Waals surface area contributed by atoms with Crippen LogP contribution in [0.15, 0.2) is 28.9 Å². The molecule has 0 aromatic heterocycles. The maximum Gasteiger partial charge on any atom is 0.0394 e. The minimum absolute atomic E-state index is 0.872. The van der Waals surface area contributed by atoms with Gasteiger partial charge < -0.3 is 0 Å². The average Bonchev–Trinajstić information content (AvgIpc) is 1.99. The van der Waals surface area contributed by atoms with Crippen LogP contribution in [0, 0.1) is 0 Å². The minimum atomic E-state index is 0.872. The number of rotatable bonds is 4. The van der Waals surface area contributed by atoms with Gasteiger partial charge in [-0.3, -0.25) is 4.99 Å². The largest absolute Gasteiger partial charge is 0.269 e. The third-order valence-electron chi connectivity index (χ3n) is 1.47. The zero-order valence-corrected chi connectivity index (χ0v) is 6.85. The normalized spacial score (nSPS) is 11.2. The predicted octanol–water partition coefficient (Wildman–Crippen LogP) is 2.95. The third kappa shape index (κ3) is 3.23. The summed E-state index contributed by atoms with van der Waals surface area (Å²) < 4.78 is 0. The molecule has 0 spiro atoms. The Balaban J connectivity index is 3.87. The fraction of sp³-hybridized carbons (Fsp3) is 0.444. The molecule has 0 heterocycles. The number of hydrogen-bond acceptors (Lipinski definition) is 1. The molecule has 0 aliphatic heterocycles. The van der Waals surface area contributed by atoms with E-state index >= 15 is 0 Å². The van der Waals surface area contributed by atoms with Gasteiger partial charge in [0.05, 0.1) is 0 Å². The lowest BCUT2D eigenvalue weighted by atomic mass is 10.1. The van der Waals surface area contributed by atoms with Crippen molar-refractivity contribution in [2.45, 2.75) is 26.7 Å². The molecule has 0 N–H and O–H groups in total. The molecule has 0 atom stereocenters. The molecule has 0 aliphatic carbocycles. The van der Waals surface area contributed by atoms with Crippen LogP contribution in [0.1, 0.15) is 26.7 Å². The van der Waals surface area contributed by atoms with Crippen molar-refractivity contribution in [3.05, 3.63) is 23.9 Å². The summed E-state index contributed by atoms with van der Waals surface area (Å²) in [5.41, 5.74) is 2.23. The van der Waals surface area contributed by atoms with E-state index in [1.165, 1.54) is 5.57 Å². The highest BCUT2D eigenvalue weighted by Crippen LogP contribution is 2.11. The van der Waals surface area contributed by atoms with Gasteiger partial charge in [0.25, 0.3) is 0 Å². The second-order valence-electron chi connectivity index (χ2n) is 2.22. The van der Waals surface area contributed by atoms with E-state index in [9.17, 15) is 0 Å². The lowest BCUT2D eigenvalue weighted by molar-refractivity contribution is 0.985. The van der Waals surface area contributed by atoms with Gasteiger partial charge in [-0.15, -0.1) is 0 Å². The molecule has 0 amide bonds. The van der Waals surface area contributed by atoms with Crippen molar-refractivity contribution >= 4 is 6.72 Å². The van der Waals surface area contributed by atoms with E-state index in [0.29, 0.717) is 0 Å². The predicted molar refractivity (Wildman–Crippen MR) is 47.4 cm³/mol. The van der Waals surface area contributed by atoms with Gasteiger partial charge in [0, 0.05) is 12.1 Å². The Bertz CT molecular complexity index is 154. The summed E-state index contributed by atoms with van der Waals surface area (Å²) in [7, 11) is 0. The van der Waals surface area contributed by atoms with Crippen molar-refractivity contribution in [2.24, 2.45) is 4.99 Å². The zero-order valence-electron chi connectivity index (χ0n) is 6.85. The molecule has 0 aromatic rings. The fourth-order valence-corrected chi connectivity index (χ4v) is 0.630. The summed E-state index contributed by atoms with van der Waals surface area (Å²) >= 11 is 0. The van der Waals surface area contributed by atoms with Crippen LogP contribution >= 0.6 is 0 Å². The molecule has 0 unspecified atom stereocenters. The lowest BCUT2D eigenvalue weighted by Gasteiger charge is -2.00. The molecular weight excluding hydrogens is 122 g/mol. The highest BCUT2D eigenvalue weighted by Gasteiger charge is 1.93. The van der Waals surface area contributed by atoms with Gasteiger partial charge in [0.1, 0.15) is 0 Å². The Morgan fingerprint density at radius 2 is 2.20 bits per heavy atom. The van der Waals surface area contributed by atoms with E-state index < -0.39 is 0 Å². The number of allylic oxidation sites excluding steroid dienone is 2. The summed E-state index contributed by atoms with van der Waals surface area (Å²) in [6, 6.07) is 0. The Kier molecular flexibility index (Phi) is 4.55. The molecule has 0 aromatic carbocycles. The van der Waals surface area contributed by atoms with Crippen molar-refractivity contribution in [1.29, 1.82) is 0 Å². The molecular formula is C9H15N. The van der Waals surface area contributed by atoms with Gasteiger partial charge in [-0.1, -0.05) is 25.2 Å². The smallest absolute Gasteiger partial charge is 0.0394 e. The molecule has 0 aliphatic rings. The Hall–Kier alpha value is -0.850. The van der Waals surface area contributed by atoms with Crippen molar-refractivity contribution in [3.63, 3.8) is 0 Å². The van der Waals surface area contributed by atoms with Crippen LogP contribution < -0.4 is 0 Å². The van der Waals surface area contributed by atoms with Crippen LogP contribution in [-0.2, 0) is 0 Å². The maximum atomic E-state index is 3.88. The van der Waals surface area contributed by atoms with E-state index in [4.69, 9.17) is 0 Å². The Morgan fingerprint density at radius 3 is 2.50 bits per heavy atom. The highest BCUT2D eigenvalue weighted by atomic mass is 14.7. The van der Waals surface area contributed by atoms with Crippen LogP contribution in [0.25, 0.3) is 0 Å². The van der Waals surface area contributed by atoms with Crippen LogP contribution in [0.2, 0.25) is 0 Å². The highest BCUT2D eigenvalue weighted by molar-refractivity contribution is 5.30. The van der Waals surface area contributed by atoms with Crippen LogP contribution in [0.5, 0.6) is 0 Å². The fourth-order valence-electron chi connectivity index (χ4n) is 0.630. The average molecular weight is 137 g/mol. The second kappa shape index (κ2) is 4.98. The van der Waals surface area contributed by atoms with E-state index in [1.54, 1.807) is 0 Å². The molecule has 0 radical (unpaired) electrons. The van der Waals surface area contributed by atoms with Gasteiger partial charge in [0.15, 0.2) is 0 Å². The van der Waals surface area contributed by atoms with Crippen molar-refractivity contribution in [3.8, 4) is 0 Å². The molecule has 0 saturated heterocycles. The Morgan fingerprint density at radius 1 is 1.60 bits per heavy atom. The van der Waals surface area contributed by atoms with Crippen LogP contribution in [0.4, 0.5) is 0 Å². The van der Waals surface area contributed by atoms with E-state index in [2.05, 4.69) is 25.2 Å². The first kappa shape index (κ1) is 9.15. The van der Waals surface area contributed by atoms with Gasteiger partial charge in [-0.05, 0) is 20.1 Å². The van der Waals surface area contributed by atoms with Crippen LogP contribution in [-0.4, -0.2) is 6.72 Å². The van der Waals surface area contributed by atoms with Gasteiger partial charge in [-0.2, -0.15) is 0 Å². The first-order chi connectivity index (χ1) is 4.74. The second-order valence-corrected chi connectivity index (χ2v) is 2.22. The summed E-state index contributed by atoms with van der Waals surface area (Å²) in [6.45, 7) is 11.4. The Labute approximate surface area is 63.2 Å². The van der Waals surface area contributed by atoms with E-state index in [0.717, 1.165) is 18.5 Å². The third-order valence-corrected chi connectivity index (χ3v) is 1.47.